The van der Waals surface area contributed by atoms with Crippen molar-refractivity contribution in [2.75, 3.05) is 40.5 Å². The zero-order valence-electron chi connectivity index (χ0n) is 18.8. The van der Waals surface area contributed by atoms with E-state index in [0.717, 1.165) is 50.2 Å². The molecule has 7 heteroatoms. The van der Waals surface area contributed by atoms with Crippen molar-refractivity contribution in [3.63, 3.8) is 0 Å². The van der Waals surface area contributed by atoms with Crippen LogP contribution in [-0.4, -0.2) is 55.3 Å². The molecule has 3 heterocycles. The fourth-order valence-corrected chi connectivity index (χ4v) is 5.13. The summed E-state index contributed by atoms with van der Waals surface area (Å²) < 4.78 is 40.7. The fraction of sp³-hybridized carbons (Fsp3) is 0.308. The molecule has 0 spiro atoms. The van der Waals surface area contributed by atoms with Crippen LogP contribution in [0.5, 0.6) is 5.75 Å². The molecule has 2 aromatic heterocycles. The van der Waals surface area contributed by atoms with E-state index in [0.29, 0.717) is 31.1 Å². The summed E-state index contributed by atoms with van der Waals surface area (Å²) in [4.78, 5) is 8.97. The van der Waals surface area contributed by atoms with E-state index in [1.807, 2.05) is 26.2 Å². The molecule has 33 heavy (non-hydrogen) atoms. The average molecular weight is 450 g/mol. The van der Waals surface area contributed by atoms with Gasteiger partial charge in [-0.05, 0) is 63.0 Å². The van der Waals surface area contributed by atoms with Crippen LogP contribution in [0.3, 0.4) is 0 Å². The summed E-state index contributed by atoms with van der Waals surface area (Å²) in [6.45, 7) is 4.31. The molecule has 1 saturated heterocycles. The first-order valence-electron chi connectivity index (χ1n) is 11.0. The van der Waals surface area contributed by atoms with E-state index in [1.54, 1.807) is 19.1 Å². The van der Waals surface area contributed by atoms with Crippen LogP contribution in [0.15, 0.2) is 36.4 Å². The molecule has 5 nitrogen and oxygen atoms in total. The number of aryl methyl sites for hydroxylation is 1. The van der Waals surface area contributed by atoms with Gasteiger partial charge in [0.05, 0.1) is 41.7 Å². The van der Waals surface area contributed by atoms with Crippen LogP contribution in [-0.2, 0) is 4.74 Å². The molecule has 0 radical (unpaired) electrons. The monoisotopic (exact) mass is 449 g/mol. The normalized spacial score (nSPS) is 15.8. The molecule has 2 N–H and O–H groups in total. The zero-order valence-corrected chi connectivity index (χ0v) is 18.8. The van der Waals surface area contributed by atoms with E-state index >= 15 is 0 Å². The Kier molecular flexibility index (Phi) is 4.44. The van der Waals surface area contributed by atoms with Crippen LogP contribution in [0.25, 0.3) is 43.6 Å². The van der Waals surface area contributed by atoms with Crippen LogP contribution >= 0.6 is 0 Å². The highest BCUT2D eigenvalue weighted by atomic mass is 19.1. The molecule has 5 aromatic rings. The standard InChI is InChI=1S/C26H25F2N3O2/c1-14-6-21-18(8-19(14)28)23-22(29-21)9-17-16-7-15(27)4-5-20(16)30-24(17)25(23)33-13-26(10-31(2)3)11-32-12-26/h4-9,29-30H,10-13H2,1-3H3. The van der Waals surface area contributed by atoms with Crippen molar-refractivity contribution in [2.45, 2.75) is 6.92 Å². The molecule has 0 atom stereocenters. The topological polar surface area (TPSA) is 53.3 Å². The third-order valence-corrected chi connectivity index (χ3v) is 6.64. The minimum absolute atomic E-state index is 0.107. The van der Waals surface area contributed by atoms with Gasteiger partial charge in [-0.2, -0.15) is 0 Å². The predicted octanol–water partition coefficient (Wildman–Crippen LogP) is 5.50. The van der Waals surface area contributed by atoms with Crippen molar-refractivity contribution in [2.24, 2.45) is 5.41 Å². The average Bonchev–Trinajstić information content (AvgIpc) is 3.26. The minimum Gasteiger partial charge on any atom is -0.490 e. The molecule has 1 fully saturated rings. The third kappa shape index (κ3) is 3.18. The number of aromatic nitrogens is 2. The van der Waals surface area contributed by atoms with Crippen molar-refractivity contribution in [3.05, 3.63) is 53.6 Å². The molecule has 1 aliphatic heterocycles. The lowest BCUT2D eigenvalue weighted by Gasteiger charge is -2.42. The van der Waals surface area contributed by atoms with Crippen LogP contribution < -0.4 is 4.74 Å². The number of benzene rings is 3. The number of H-pyrrole nitrogens is 2. The summed E-state index contributed by atoms with van der Waals surface area (Å²) in [7, 11) is 4.08. The lowest BCUT2D eigenvalue weighted by molar-refractivity contribution is -0.139. The number of rotatable bonds is 5. The highest BCUT2D eigenvalue weighted by Crippen LogP contribution is 2.43. The van der Waals surface area contributed by atoms with E-state index in [-0.39, 0.29) is 17.0 Å². The molecule has 1 aliphatic rings. The van der Waals surface area contributed by atoms with Gasteiger partial charge in [-0.15, -0.1) is 0 Å². The fourth-order valence-electron chi connectivity index (χ4n) is 5.13. The van der Waals surface area contributed by atoms with Gasteiger partial charge in [-0.1, -0.05) is 0 Å². The van der Waals surface area contributed by atoms with E-state index in [9.17, 15) is 8.78 Å². The van der Waals surface area contributed by atoms with Crippen molar-refractivity contribution >= 4 is 43.6 Å². The largest absolute Gasteiger partial charge is 0.490 e. The van der Waals surface area contributed by atoms with E-state index in [1.165, 1.54) is 12.1 Å². The molecule has 0 amide bonds. The summed E-state index contributed by atoms with van der Waals surface area (Å²) in [5, 5.41) is 3.24. The summed E-state index contributed by atoms with van der Waals surface area (Å²) in [5.74, 6) is 0.0974. The SMILES string of the molecule is Cc1cc2[nH]c3cc4c([nH]c5ccc(F)cc54)c(OCC4(CN(C)C)COC4)c3c2cc1F. The molecular weight excluding hydrogens is 424 g/mol. The summed E-state index contributed by atoms with van der Waals surface area (Å²) >= 11 is 0. The van der Waals surface area contributed by atoms with Gasteiger partial charge < -0.3 is 24.3 Å². The predicted molar refractivity (Wildman–Crippen MR) is 127 cm³/mol. The molecule has 0 saturated carbocycles. The highest BCUT2D eigenvalue weighted by molar-refractivity contribution is 6.21. The third-order valence-electron chi connectivity index (χ3n) is 6.64. The second kappa shape index (κ2) is 7.17. The Morgan fingerprint density at radius 2 is 1.79 bits per heavy atom. The van der Waals surface area contributed by atoms with E-state index in [4.69, 9.17) is 9.47 Å². The molecular formula is C26H25F2N3O2. The van der Waals surface area contributed by atoms with Gasteiger partial charge in [0.25, 0.3) is 0 Å². The van der Waals surface area contributed by atoms with Crippen molar-refractivity contribution in [1.82, 2.24) is 14.9 Å². The molecule has 0 bridgehead atoms. The van der Waals surface area contributed by atoms with Gasteiger partial charge in [-0.3, -0.25) is 0 Å². The van der Waals surface area contributed by atoms with E-state index < -0.39 is 0 Å². The first-order chi connectivity index (χ1) is 15.8. The lowest BCUT2D eigenvalue weighted by Crippen LogP contribution is -2.53. The number of nitrogens with zero attached hydrogens (tertiary/aromatic N) is 1. The Labute approximate surface area is 189 Å². The Morgan fingerprint density at radius 1 is 0.970 bits per heavy atom. The van der Waals surface area contributed by atoms with Gasteiger partial charge in [0, 0.05) is 33.7 Å². The van der Waals surface area contributed by atoms with Crippen LogP contribution in [0.2, 0.25) is 0 Å². The molecule has 6 rings (SSSR count). The van der Waals surface area contributed by atoms with Crippen molar-refractivity contribution < 1.29 is 18.3 Å². The number of hydrogen-bond donors (Lipinski definition) is 2. The number of nitrogens with one attached hydrogen (secondary N) is 2. The number of fused-ring (bicyclic) bond motifs is 6. The minimum atomic E-state index is -0.295. The second-order valence-electron chi connectivity index (χ2n) is 9.66. The Morgan fingerprint density at radius 3 is 2.52 bits per heavy atom. The van der Waals surface area contributed by atoms with Gasteiger partial charge in [0.2, 0.25) is 0 Å². The van der Waals surface area contributed by atoms with Crippen LogP contribution in [0.1, 0.15) is 5.56 Å². The number of ether oxygens (including phenoxy) is 2. The number of halogens is 2. The molecule has 0 unspecified atom stereocenters. The van der Waals surface area contributed by atoms with Gasteiger partial charge in [0.15, 0.2) is 5.75 Å². The molecule has 3 aromatic carbocycles. The van der Waals surface area contributed by atoms with Crippen molar-refractivity contribution in [1.29, 1.82) is 0 Å². The number of hydrogen-bond acceptors (Lipinski definition) is 3. The Bertz CT molecular complexity index is 1550. The smallest absolute Gasteiger partial charge is 0.153 e. The maximum Gasteiger partial charge on any atom is 0.153 e. The maximum absolute atomic E-state index is 14.6. The molecule has 0 aliphatic carbocycles. The highest BCUT2D eigenvalue weighted by Gasteiger charge is 2.40. The Hall–Kier alpha value is -3.16. The van der Waals surface area contributed by atoms with E-state index in [2.05, 4.69) is 14.9 Å². The summed E-state index contributed by atoms with van der Waals surface area (Å²) in [5.41, 5.74) is 3.74. The first-order valence-corrected chi connectivity index (χ1v) is 11.0. The lowest BCUT2D eigenvalue weighted by atomic mass is 9.86. The number of aromatic amines is 2. The van der Waals surface area contributed by atoms with Gasteiger partial charge in [0.1, 0.15) is 11.6 Å². The van der Waals surface area contributed by atoms with Crippen molar-refractivity contribution in [3.8, 4) is 5.75 Å². The van der Waals surface area contributed by atoms with Gasteiger partial charge >= 0.3 is 0 Å². The summed E-state index contributed by atoms with van der Waals surface area (Å²) in [6.07, 6.45) is 0. The van der Waals surface area contributed by atoms with Gasteiger partial charge in [-0.25, -0.2) is 8.78 Å². The Balaban J connectivity index is 1.61. The van der Waals surface area contributed by atoms with Crippen LogP contribution in [0, 0.1) is 24.0 Å². The maximum atomic E-state index is 14.6. The first kappa shape index (κ1) is 20.4. The quantitative estimate of drug-likeness (QED) is 0.373. The zero-order chi connectivity index (χ0) is 22.9. The molecule has 170 valence electrons. The summed E-state index contributed by atoms with van der Waals surface area (Å²) in [6, 6.07) is 10.1. The van der Waals surface area contributed by atoms with Crippen LogP contribution in [0.4, 0.5) is 8.78 Å². The second-order valence-corrected chi connectivity index (χ2v) is 9.66.